The minimum absolute atomic E-state index is 0.0873. The minimum Gasteiger partial charge on any atom is -0.314 e. The zero-order chi connectivity index (χ0) is 20.3. The van der Waals surface area contributed by atoms with E-state index in [4.69, 9.17) is 11.6 Å². The van der Waals surface area contributed by atoms with E-state index in [1.165, 1.54) is 17.5 Å². The Labute approximate surface area is 173 Å². The molecule has 0 radical (unpaired) electrons. The number of nitrogens with zero attached hydrogens (tertiary/aromatic N) is 3. The van der Waals surface area contributed by atoms with E-state index in [1.54, 1.807) is 19.1 Å². The molecule has 28 heavy (non-hydrogen) atoms. The Bertz CT molecular complexity index is 853. The molecular weight excluding hydrogens is 398 g/mol. The van der Waals surface area contributed by atoms with Crippen LogP contribution in [0, 0.1) is 6.92 Å². The van der Waals surface area contributed by atoms with Crippen molar-refractivity contribution in [2.75, 3.05) is 17.2 Å². The van der Waals surface area contributed by atoms with Gasteiger partial charge in [0.15, 0.2) is 5.69 Å². The van der Waals surface area contributed by atoms with Gasteiger partial charge in [0.05, 0.1) is 16.1 Å². The summed E-state index contributed by atoms with van der Waals surface area (Å²) in [5, 5.41) is 7.28. The van der Waals surface area contributed by atoms with E-state index in [9.17, 15) is 9.59 Å². The molecule has 3 rings (SSSR count). The number of halogens is 1. The van der Waals surface area contributed by atoms with Gasteiger partial charge in [-0.25, -0.2) is 9.97 Å². The van der Waals surface area contributed by atoms with Crippen LogP contribution in [0.1, 0.15) is 48.6 Å². The number of anilines is 2. The topological polar surface area (TPSA) is 87.2 Å². The number of likely N-dealkylation sites (tertiary alicyclic amines) is 1. The van der Waals surface area contributed by atoms with Crippen molar-refractivity contribution in [3.8, 4) is 0 Å². The molecule has 7 nitrogen and oxygen atoms in total. The van der Waals surface area contributed by atoms with Crippen LogP contribution in [-0.4, -0.2) is 45.3 Å². The number of carbonyl (C=O) groups excluding carboxylic acids is 2. The van der Waals surface area contributed by atoms with Gasteiger partial charge in [-0.2, -0.15) is 0 Å². The van der Waals surface area contributed by atoms with E-state index in [0.717, 1.165) is 25.8 Å². The van der Waals surface area contributed by atoms with Gasteiger partial charge < -0.3 is 10.6 Å². The number of amides is 2. The van der Waals surface area contributed by atoms with Crippen molar-refractivity contribution in [2.45, 2.75) is 52.1 Å². The van der Waals surface area contributed by atoms with Crippen molar-refractivity contribution >= 4 is 45.6 Å². The van der Waals surface area contributed by atoms with Gasteiger partial charge in [-0.3, -0.25) is 14.5 Å². The van der Waals surface area contributed by atoms with Crippen LogP contribution in [0.15, 0.2) is 18.3 Å². The third kappa shape index (κ3) is 4.87. The molecule has 0 aromatic carbocycles. The van der Waals surface area contributed by atoms with E-state index >= 15 is 0 Å². The molecule has 2 aromatic heterocycles. The Morgan fingerprint density at radius 1 is 1.29 bits per heavy atom. The molecule has 0 bridgehead atoms. The van der Waals surface area contributed by atoms with Crippen LogP contribution in [0.2, 0.25) is 5.02 Å². The number of rotatable bonds is 5. The molecule has 1 fully saturated rings. The molecule has 9 heteroatoms. The lowest BCUT2D eigenvalue weighted by atomic mass is 10.00. The van der Waals surface area contributed by atoms with Crippen LogP contribution >= 0.6 is 22.9 Å². The Kier molecular flexibility index (Phi) is 6.64. The highest BCUT2D eigenvalue weighted by Crippen LogP contribution is 2.27. The smallest absolute Gasteiger partial charge is 0.278 e. The molecule has 0 saturated carbocycles. The summed E-state index contributed by atoms with van der Waals surface area (Å²) in [4.78, 5) is 36.2. The van der Waals surface area contributed by atoms with E-state index in [0.29, 0.717) is 20.8 Å². The first kappa shape index (κ1) is 20.7. The predicted octanol–water partition coefficient (Wildman–Crippen LogP) is 3.95. The lowest BCUT2D eigenvalue weighted by Gasteiger charge is -2.37. The maximum atomic E-state index is 12.9. The van der Waals surface area contributed by atoms with Gasteiger partial charge in [0.25, 0.3) is 5.91 Å². The maximum Gasteiger partial charge on any atom is 0.278 e. The van der Waals surface area contributed by atoms with E-state index in [-0.39, 0.29) is 23.7 Å². The summed E-state index contributed by atoms with van der Waals surface area (Å²) in [5.74, 6) is -0.134. The van der Waals surface area contributed by atoms with Gasteiger partial charge in [-0.05, 0) is 52.3 Å². The lowest BCUT2D eigenvalue weighted by molar-refractivity contribution is -0.123. The molecule has 1 aliphatic rings. The van der Waals surface area contributed by atoms with Crippen molar-refractivity contribution in [3.05, 3.63) is 34.1 Å². The Morgan fingerprint density at radius 3 is 2.75 bits per heavy atom. The van der Waals surface area contributed by atoms with Crippen LogP contribution in [0.5, 0.6) is 0 Å². The fourth-order valence-corrected chi connectivity index (χ4v) is 4.27. The standard InChI is InChI=1S/C19H24ClN5O2S/c1-11(2)25-9-5-4-6-14(25)17(26)24-19-16(22-12(3)28-19)18(27)23-15-8-7-13(20)10-21-15/h7-8,10-11,14H,4-6,9H2,1-3H3,(H,24,26)(H,21,23,27). The average Bonchev–Trinajstić information content (AvgIpc) is 3.03. The van der Waals surface area contributed by atoms with Crippen LogP contribution in [-0.2, 0) is 4.79 Å². The van der Waals surface area contributed by atoms with Gasteiger partial charge in [-0.1, -0.05) is 18.0 Å². The van der Waals surface area contributed by atoms with Crippen LogP contribution in [0.3, 0.4) is 0 Å². The van der Waals surface area contributed by atoms with Crippen molar-refractivity contribution < 1.29 is 9.59 Å². The van der Waals surface area contributed by atoms with E-state index in [1.807, 2.05) is 0 Å². The largest absolute Gasteiger partial charge is 0.314 e. The molecule has 0 aliphatic carbocycles. The number of piperidine rings is 1. The quantitative estimate of drug-likeness (QED) is 0.763. The van der Waals surface area contributed by atoms with Crippen molar-refractivity contribution in [2.24, 2.45) is 0 Å². The summed E-state index contributed by atoms with van der Waals surface area (Å²) in [5.41, 5.74) is 0.194. The monoisotopic (exact) mass is 421 g/mol. The molecule has 1 atom stereocenters. The first-order chi connectivity index (χ1) is 13.3. The second kappa shape index (κ2) is 8.98. The number of nitrogens with one attached hydrogen (secondary N) is 2. The second-order valence-electron chi connectivity index (χ2n) is 7.06. The molecule has 2 aromatic rings. The molecule has 1 aliphatic heterocycles. The third-order valence-electron chi connectivity index (χ3n) is 4.67. The van der Waals surface area contributed by atoms with Gasteiger partial charge in [0.2, 0.25) is 5.91 Å². The number of aryl methyl sites for hydroxylation is 1. The second-order valence-corrected chi connectivity index (χ2v) is 8.70. The lowest BCUT2D eigenvalue weighted by Crippen LogP contribution is -2.50. The first-order valence-corrected chi connectivity index (χ1v) is 10.5. The van der Waals surface area contributed by atoms with Gasteiger partial charge in [0.1, 0.15) is 10.8 Å². The zero-order valence-electron chi connectivity index (χ0n) is 16.2. The number of thiazole rings is 1. The van der Waals surface area contributed by atoms with E-state index < -0.39 is 5.91 Å². The van der Waals surface area contributed by atoms with Crippen molar-refractivity contribution in [1.29, 1.82) is 0 Å². The molecular formula is C19H24ClN5O2S. The number of hydrogen-bond donors (Lipinski definition) is 2. The maximum absolute atomic E-state index is 12.9. The summed E-state index contributed by atoms with van der Waals surface area (Å²) >= 11 is 7.12. The van der Waals surface area contributed by atoms with Crippen molar-refractivity contribution in [3.63, 3.8) is 0 Å². The summed E-state index contributed by atoms with van der Waals surface area (Å²) in [7, 11) is 0. The van der Waals surface area contributed by atoms with Crippen LogP contribution in [0.4, 0.5) is 10.8 Å². The minimum atomic E-state index is -0.418. The average molecular weight is 422 g/mol. The first-order valence-electron chi connectivity index (χ1n) is 9.32. The van der Waals surface area contributed by atoms with Crippen LogP contribution in [0.25, 0.3) is 0 Å². The highest BCUT2D eigenvalue weighted by atomic mass is 35.5. The van der Waals surface area contributed by atoms with E-state index in [2.05, 4.69) is 39.3 Å². The summed E-state index contributed by atoms with van der Waals surface area (Å²) < 4.78 is 0. The molecule has 150 valence electrons. The van der Waals surface area contributed by atoms with Crippen molar-refractivity contribution in [1.82, 2.24) is 14.9 Å². The normalized spacial score (nSPS) is 17.5. The summed E-state index contributed by atoms with van der Waals surface area (Å²) in [6.45, 7) is 6.91. The summed E-state index contributed by atoms with van der Waals surface area (Å²) in [6, 6.07) is 3.35. The molecule has 2 amide bonds. The Morgan fingerprint density at radius 2 is 2.07 bits per heavy atom. The van der Waals surface area contributed by atoms with Gasteiger partial charge >= 0.3 is 0 Å². The van der Waals surface area contributed by atoms with Crippen LogP contribution < -0.4 is 10.6 Å². The predicted molar refractivity (Wildman–Crippen MR) is 112 cm³/mol. The molecule has 1 unspecified atom stereocenters. The van der Waals surface area contributed by atoms with Gasteiger partial charge in [-0.15, -0.1) is 11.3 Å². The number of hydrogen-bond acceptors (Lipinski definition) is 6. The fourth-order valence-electron chi connectivity index (χ4n) is 3.34. The third-order valence-corrected chi connectivity index (χ3v) is 5.77. The summed E-state index contributed by atoms with van der Waals surface area (Å²) in [6.07, 6.45) is 4.40. The number of carbonyl (C=O) groups is 2. The number of pyridine rings is 1. The highest BCUT2D eigenvalue weighted by molar-refractivity contribution is 7.16. The fraction of sp³-hybridized carbons (Fsp3) is 0.474. The van der Waals surface area contributed by atoms with Gasteiger partial charge in [0, 0.05) is 12.2 Å². The molecule has 3 heterocycles. The molecule has 1 saturated heterocycles. The SMILES string of the molecule is Cc1nc(C(=O)Nc2ccc(Cl)cn2)c(NC(=O)C2CCCCN2C(C)C)s1. The Hall–Kier alpha value is -2.03. The highest BCUT2D eigenvalue weighted by Gasteiger charge is 2.31. The Balaban J connectivity index is 1.75. The molecule has 0 spiro atoms. The molecule has 2 N–H and O–H groups in total. The number of aromatic nitrogens is 2. The zero-order valence-corrected chi connectivity index (χ0v) is 17.7.